The normalized spacial score (nSPS) is 13.6. The molecule has 4 nitrogen and oxygen atoms in total. The Balaban J connectivity index is 2.88. The quantitative estimate of drug-likeness (QED) is 0.587. The third kappa shape index (κ3) is 3.93. The highest BCUT2D eigenvalue weighted by Crippen LogP contribution is 2.29. The van der Waals surface area contributed by atoms with Crippen molar-refractivity contribution in [2.75, 3.05) is 20.7 Å². The average molecular weight is 265 g/mol. The molecule has 0 bridgehead atoms. The van der Waals surface area contributed by atoms with Crippen LogP contribution in [0.15, 0.2) is 24.3 Å². The minimum Gasteiger partial charge on any atom is -0.494 e. The number of nitrogens with two attached hydrogens (primary N) is 1. The van der Waals surface area contributed by atoms with Crippen molar-refractivity contribution in [1.82, 2.24) is 10.3 Å². The largest absolute Gasteiger partial charge is 0.494 e. The van der Waals surface area contributed by atoms with Gasteiger partial charge in [-0.3, -0.25) is 11.3 Å². The maximum absolute atomic E-state index is 5.74. The van der Waals surface area contributed by atoms with Crippen LogP contribution in [0.5, 0.6) is 5.75 Å². The van der Waals surface area contributed by atoms with Crippen LogP contribution in [-0.4, -0.2) is 31.1 Å². The van der Waals surface area contributed by atoms with Gasteiger partial charge in [0.25, 0.3) is 0 Å². The summed E-state index contributed by atoms with van der Waals surface area (Å²) in [6, 6.07) is 8.20. The first-order valence-electron chi connectivity index (χ1n) is 6.79. The van der Waals surface area contributed by atoms with Gasteiger partial charge < -0.3 is 9.64 Å². The number of nitrogens with one attached hydrogen (secondary N) is 1. The Bertz CT molecular complexity index is 373. The molecular formula is C15H27N3O. The summed E-state index contributed by atoms with van der Waals surface area (Å²) in [5.74, 6) is 6.65. The second kappa shape index (κ2) is 6.89. The molecule has 1 atom stereocenters. The van der Waals surface area contributed by atoms with Crippen LogP contribution in [0.25, 0.3) is 0 Å². The summed E-state index contributed by atoms with van der Waals surface area (Å²) in [7, 11) is 4.12. The van der Waals surface area contributed by atoms with Crippen molar-refractivity contribution in [3.63, 3.8) is 0 Å². The fourth-order valence-corrected chi connectivity index (χ4v) is 1.94. The van der Waals surface area contributed by atoms with E-state index in [-0.39, 0.29) is 11.6 Å². The monoisotopic (exact) mass is 265 g/mol. The summed E-state index contributed by atoms with van der Waals surface area (Å²) in [6.45, 7) is 7.18. The molecule has 0 aromatic heterocycles. The fraction of sp³-hybridized carbons (Fsp3) is 0.600. The Kier molecular flexibility index (Phi) is 5.79. The van der Waals surface area contributed by atoms with Crippen LogP contribution < -0.4 is 16.0 Å². The molecule has 0 amide bonds. The Labute approximate surface area is 116 Å². The Hall–Kier alpha value is -1.10. The van der Waals surface area contributed by atoms with Gasteiger partial charge in [0.2, 0.25) is 0 Å². The number of ether oxygens (including phenoxy) is 1. The van der Waals surface area contributed by atoms with Crippen molar-refractivity contribution in [1.29, 1.82) is 0 Å². The Morgan fingerprint density at radius 3 is 2.26 bits per heavy atom. The van der Waals surface area contributed by atoms with Crippen LogP contribution in [0, 0.1) is 0 Å². The van der Waals surface area contributed by atoms with Gasteiger partial charge in [0, 0.05) is 5.54 Å². The summed E-state index contributed by atoms with van der Waals surface area (Å²) in [6.07, 6.45) is 1.02. The third-order valence-corrected chi connectivity index (χ3v) is 3.71. The molecule has 19 heavy (non-hydrogen) atoms. The molecule has 0 spiro atoms. The number of hydrogen-bond donors (Lipinski definition) is 2. The molecule has 3 N–H and O–H groups in total. The molecule has 1 rings (SSSR count). The predicted octanol–water partition coefficient (Wildman–Crippen LogP) is 2.32. The number of benzene rings is 1. The van der Waals surface area contributed by atoms with Gasteiger partial charge in [0.1, 0.15) is 5.75 Å². The minimum atomic E-state index is -0.0828. The van der Waals surface area contributed by atoms with Crippen molar-refractivity contribution in [2.45, 2.75) is 38.8 Å². The predicted molar refractivity (Wildman–Crippen MR) is 80.1 cm³/mol. The minimum absolute atomic E-state index is 0.0581. The van der Waals surface area contributed by atoms with E-state index in [0.717, 1.165) is 24.3 Å². The van der Waals surface area contributed by atoms with Crippen LogP contribution in [0.2, 0.25) is 0 Å². The van der Waals surface area contributed by atoms with Crippen LogP contribution in [0.1, 0.15) is 38.8 Å². The molecule has 0 heterocycles. The maximum atomic E-state index is 5.74. The molecule has 0 aliphatic rings. The lowest BCUT2D eigenvalue weighted by atomic mass is 9.88. The highest BCUT2D eigenvalue weighted by Gasteiger charge is 2.32. The van der Waals surface area contributed by atoms with Gasteiger partial charge in [-0.15, -0.1) is 0 Å². The smallest absolute Gasteiger partial charge is 0.119 e. The number of hydrazine groups is 1. The van der Waals surface area contributed by atoms with Gasteiger partial charge in [-0.2, -0.15) is 0 Å². The first kappa shape index (κ1) is 16.0. The fourth-order valence-electron chi connectivity index (χ4n) is 1.94. The molecule has 0 aliphatic heterocycles. The number of nitrogens with zero attached hydrogens (tertiary/aromatic N) is 1. The van der Waals surface area contributed by atoms with E-state index in [2.05, 4.69) is 57.3 Å². The first-order chi connectivity index (χ1) is 8.93. The van der Waals surface area contributed by atoms with Crippen molar-refractivity contribution in [3.8, 4) is 5.75 Å². The van der Waals surface area contributed by atoms with Crippen LogP contribution in [0.4, 0.5) is 0 Å². The molecule has 0 fully saturated rings. The van der Waals surface area contributed by atoms with Gasteiger partial charge in [-0.25, -0.2) is 0 Å². The Morgan fingerprint density at radius 2 is 1.84 bits per heavy atom. The lowest BCUT2D eigenvalue weighted by Gasteiger charge is -2.40. The van der Waals surface area contributed by atoms with E-state index in [1.165, 1.54) is 0 Å². The molecule has 1 unspecified atom stereocenters. The third-order valence-electron chi connectivity index (χ3n) is 3.71. The molecule has 0 aliphatic carbocycles. The average Bonchev–Trinajstić information content (AvgIpc) is 2.38. The second-order valence-electron chi connectivity index (χ2n) is 5.57. The molecule has 1 aromatic carbocycles. The highest BCUT2D eigenvalue weighted by molar-refractivity contribution is 5.30. The van der Waals surface area contributed by atoms with Crippen LogP contribution in [-0.2, 0) is 0 Å². The zero-order valence-electron chi connectivity index (χ0n) is 12.7. The first-order valence-corrected chi connectivity index (χ1v) is 6.79. The molecule has 0 saturated carbocycles. The van der Waals surface area contributed by atoms with E-state index in [9.17, 15) is 0 Å². The number of rotatable bonds is 7. The van der Waals surface area contributed by atoms with Crippen LogP contribution >= 0.6 is 0 Å². The molecule has 108 valence electrons. The molecule has 4 heteroatoms. The van der Waals surface area contributed by atoms with E-state index in [1.54, 1.807) is 0 Å². The van der Waals surface area contributed by atoms with E-state index in [4.69, 9.17) is 10.6 Å². The summed E-state index contributed by atoms with van der Waals surface area (Å²) in [5, 5.41) is 0. The molecule has 0 saturated heterocycles. The van der Waals surface area contributed by atoms with Gasteiger partial charge in [0.15, 0.2) is 0 Å². The second-order valence-corrected chi connectivity index (χ2v) is 5.57. The summed E-state index contributed by atoms with van der Waals surface area (Å²) >= 11 is 0. The lowest BCUT2D eigenvalue weighted by molar-refractivity contribution is 0.138. The van der Waals surface area contributed by atoms with E-state index >= 15 is 0 Å². The SMILES string of the molecule is CCCOc1ccc(C(NN)C(C)(C)N(C)C)cc1. The maximum Gasteiger partial charge on any atom is 0.119 e. The zero-order valence-corrected chi connectivity index (χ0v) is 12.7. The standard InChI is InChI=1S/C15H27N3O/c1-6-11-19-13-9-7-12(8-10-13)14(17-16)15(2,3)18(4)5/h7-10,14,17H,6,11,16H2,1-5H3. The highest BCUT2D eigenvalue weighted by atomic mass is 16.5. The topological polar surface area (TPSA) is 50.5 Å². The van der Waals surface area contributed by atoms with Crippen LogP contribution in [0.3, 0.4) is 0 Å². The van der Waals surface area contributed by atoms with Crippen molar-refractivity contribution < 1.29 is 4.74 Å². The van der Waals surface area contributed by atoms with Gasteiger partial charge in [-0.1, -0.05) is 19.1 Å². The van der Waals surface area contributed by atoms with Crippen molar-refractivity contribution >= 4 is 0 Å². The van der Waals surface area contributed by atoms with Gasteiger partial charge in [-0.05, 0) is 52.1 Å². The lowest BCUT2D eigenvalue weighted by Crippen LogP contribution is -2.51. The molecule has 0 radical (unpaired) electrons. The zero-order chi connectivity index (χ0) is 14.5. The van der Waals surface area contributed by atoms with Crippen molar-refractivity contribution in [2.24, 2.45) is 5.84 Å². The summed E-state index contributed by atoms with van der Waals surface area (Å²) in [4.78, 5) is 2.17. The van der Waals surface area contributed by atoms with Gasteiger partial charge >= 0.3 is 0 Å². The summed E-state index contributed by atoms with van der Waals surface area (Å²) < 4.78 is 5.59. The molecule has 1 aromatic rings. The Morgan fingerprint density at radius 1 is 1.26 bits per heavy atom. The van der Waals surface area contributed by atoms with Crippen molar-refractivity contribution in [3.05, 3.63) is 29.8 Å². The number of hydrogen-bond acceptors (Lipinski definition) is 4. The molecular weight excluding hydrogens is 238 g/mol. The summed E-state index contributed by atoms with van der Waals surface area (Å²) in [5.41, 5.74) is 3.99. The number of likely N-dealkylation sites (N-methyl/N-ethyl adjacent to an activating group) is 1. The van der Waals surface area contributed by atoms with Gasteiger partial charge in [0.05, 0.1) is 12.6 Å². The van der Waals surface area contributed by atoms with E-state index in [0.29, 0.717) is 0 Å². The van der Waals surface area contributed by atoms with E-state index < -0.39 is 0 Å². The van der Waals surface area contributed by atoms with E-state index in [1.807, 2.05) is 12.1 Å².